The molecule has 0 N–H and O–H groups in total. The fourth-order valence-electron chi connectivity index (χ4n) is 1.69. The summed E-state index contributed by atoms with van der Waals surface area (Å²) in [5.41, 5.74) is 0. The summed E-state index contributed by atoms with van der Waals surface area (Å²) in [5, 5.41) is 0.0594. The zero-order valence-corrected chi connectivity index (χ0v) is 14.8. The van der Waals surface area contributed by atoms with Crippen LogP contribution in [0.4, 0.5) is 0 Å². The summed E-state index contributed by atoms with van der Waals surface area (Å²) >= 11 is 34.7. The number of hydrogen-bond acceptors (Lipinski definition) is 0. The van der Waals surface area contributed by atoms with Gasteiger partial charge in [0.15, 0.2) is 3.79 Å². The van der Waals surface area contributed by atoms with Crippen LogP contribution in [-0.2, 0) is 0 Å². The number of halogens is 6. The minimum atomic E-state index is -1.23. The topological polar surface area (TPSA) is 0 Å². The molecule has 0 unspecified atom stereocenters. The highest BCUT2D eigenvalue weighted by Gasteiger charge is 2.23. The molecular weight excluding hydrogens is 357 g/mol. The minimum Gasteiger partial charge on any atom is -0.125 e. The Labute approximate surface area is 141 Å². The Morgan fingerprint density at radius 3 is 1.61 bits per heavy atom. The standard InChI is InChI=1S/C12H20Cl6/c13-9-11(15)7-5-3-1-2-4-6-10(14)8-12(16,17)18/h10-11H,1-9H2/t10-,11+/m0/s1. The molecule has 0 aliphatic carbocycles. The van der Waals surface area contributed by atoms with Crippen LogP contribution in [0.3, 0.4) is 0 Å². The van der Waals surface area contributed by atoms with E-state index in [1.54, 1.807) is 0 Å². The number of unbranched alkanes of at least 4 members (excludes halogenated alkanes) is 4. The second kappa shape index (κ2) is 11.4. The van der Waals surface area contributed by atoms with Crippen molar-refractivity contribution in [2.24, 2.45) is 0 Å². The first-order chi connectivity index (χ1) is 8.35. The van der Waals surface area contributed by atoms with Crippen molar-refractivity contribution in [3.05, 3.63) is 0 Å². The fraction of sp³-hybridized carbons (Fsp3) is 1.00. The van der Waals surface area contributed by atoms with E-state index < -0.39 is 3.79 Å². The first-order valence-corrected chi connectivity index (χ1v) is 8.80. The van der Waals surface area contributed by atoms with Gasteiger partial charge in [0.1, 0.15) is 0 Å². The second-order valence-corrected chi connectivity index (χ2v) is 8.57. The highest BCUT2D eigenvalue weighted by Crippen LogP contribution is 2.34. The van der Waals surface area contributed by atoms with Gasteiger partial charge in [-0.15, -0.1) is 34.8 Å². The van der Waals surface area contributed by atoms with Crippen molar-refractivity contribution in [3.8, 4) is 0 Å². The quantitative estimate of drug-likeness (QED) is 0.286. The number of alkyl halides is 6. The summed E-state index contributed by atoms with van der Waals surface area (Å²) < 4.78 is -1.23. The summed E-state index contributed by atoms with van der Waals surface area (Å²) in [6.45, 7) is 0. The maximum atomic E-state index is 6.08. The van der Waals surface area contributed by atoms with Gasteiger partial charge in [0, 0.05) is 23.1 Å². The number of hydrogen-bond donors (Lipinski definition) is 0. The molecule has 0 saturated heterocycles. The predicted octanol–water partition coefficient (Wildman–Crippen LogP) is 6.93. The van der Waals surface area contributed by atoms with Gasteiger partial charge in [-0.25, -0.2) is 0 Å². The average Bonchev–Trinajstić information content (AvgIpc) is 2.25. The van der Waals surface area contributed by atoms with Gasteiger partial charge in [-0.1, -0.05) is 66.9 Å². The van der Waals surface area contributed by atoms with Crippen LogP contribution in [-0.4, -0.2) is 20.4 Å². The van der Waals surface area contributed by atoms with Gasteiger partial charge in [-0.2, -0.15) is 0 Å². The van der Waals surface area contributed by atoms with Crippen LogP contribution in [0.15, 0.2) is 0 Å². The van der Waals surface area contributed by atoms with Gasteiger partial charge in [0.2, 0.25) is 0 Å². The SMILES string of the molecule is ClC[C@H](Cl)CCCCCCC[C@H](Cl)CC(Cl)(Cl)Cl. The minimum absolute atomic E-state index is 0.0547. The van der Waals surface area contributed by atoms with E-state index in [1.165, 1.54) is 12.8 Å². The van der Waals surface area contributed by atoms with Gasteiger partial charge in [-0.05, 0) is 12.8 Å². The molecule has 0 spiro atoms. The van der Waals surface area contributed by atoms with E-state index in [0.717, 1.165) is 32.1 Å². The largest absolute Gasteiger partial charge is 0.192 e. The van der Waals surface area contributed by atoms with Crippen LogP contribution in [0.25, 0.3) is 0 Å². The Morgan fingerprint density at radius 1 is 0.722 bits per heavy atom. The Balaban J connectivity index is 3.30. The third kappa shape index (κ3) is 14.2. The molecule has 6 heteroatoms. The average molecular weight is 377 g/mol. The lowest BCUT2D eigenvalue weighted by molar-refractivity contribution is 0.562. The third-order valence-electron chi connectivity index (χ3n) is 2.66. The van der Waals surface area contributed by atoms with Crippen LogP contribution in [0, 0.1) is 0 Å². The summed E-state index contributed by atoms with van der Waals surface area (Å²) in [5.74, 6) is 0.534. The zero-order valence-electron chi connectivity index (χ0n) is 10.3. The Kier molecular flexibility index (Phi) is 12.5. The van der Waals surface area contributed by atoms with E-state index in [9.17, 15) is 0 Å². The maximum Gasteiger partial charge on any atom is 0.192 e. The molecule has 18 heavy (non-hydrogen) atoms. The van der Waals surface area contributed by atoms with Gasteiger partial charge in [0.05, 0.1) is 0 Å². The molecule has 0 aliphatic heterocycles. The van der Waals surface area contributed by atoms with Crippen LogP contribution >= 0.6 is 69.6 Å². The molecule has 110 valence electrons. The molecule has 0 aromatic carbocycles. The van der Waals surface area contributed by atoms with Gasteiger partial charge < -0.3 is 0 Å². The van der Waals surface area contributed by atoms with Gasteiger partial charge in [-0.3, -0.25) is 0 Å². The van der Waals surface area contributed by atoms with E-state index in [0.29, 0.717) is 12.3 Å². The van der Waals surface area contributed by atoms with E-state index in [4.69, 9.17) is 69.6 Å². The molecule has 0 aromatic heterocycles. The first-order valence-electron chi connectivity index (χ1n) is 6.26. The van der Waals surface area contributed by atoms with E-state index in [1.807, 2.05) is 0 Å². The smallest absolute Gasteiger partial charge is 0.125 e. The van der Waals surface area contributed by atoms with Crippen LogP contribution in [0.2, 0.25) is 0 Å². The second-order valence-electron chi connectivity index (χ2n) is 4.51. The molecular formula is C12H20Cl6. The van der Waals surface area contributed by atoms with Crippen molar-refractivity contribution in [2.45, 2.75) is 65.9 Å². The molecule has 0 amide bonds. The number of rotatable bonds is 10. The van der Waals surface area contributed by atoms with Crippen molar-refractivity contribution in [1.29, 1.82) is 0 Å². The van der Waals surface area contributed by atoms with E-state index in [2.05, 4.69) is 0 Å². The predicted molar refractivity (Wildman–Crippen MR) is 87.2 cm³/mol. The fourth-order valence-corrected chi connectivity index (χ4v) is 3.18. The molecule has 0 radical (unpaired) electrons. The van der Waals surface area contributed by atoms with Crippen molar-refractivity contribution in [2.75, 3.05) is 5.88 Å². The van der Waals surface area contributed by atoms with Crippen molar-refractivity contribution < 1.29 is 0 Å². The molecule has 0 bridgehead atoms. The molecule has 0 aliphatic rings. The van der Waals surface area contributed by atoms with Crippen LogP contribution < -0.4 is 0 Å². The summed E-state index contributed by atoms with van der Waals surface area (Å²) in [4.78, 5) is 0. The molecule has 2 atom stereocenters. The Bertz CT molecular complexity index is 191. The Morgan fingerprint density at radius 2 is 1.17 bits per heavy atom. The first kappa shape index (κ1) is 19.7. The molecule has 0 heterocycles. The zero-order chi connectivity index (χ0) is 14.0. The summed E-state index contributed by atoms with van der Waals surface area (Å²) in [6.07, 6.45) is 8.07. The Hall–Kier alpha value is 1.74. The van der Waals surface area contributed by atoms with Crippen LogP contribution in [0.1, 0.15) is 51.4 Å². The van der Waals surface area contributed by atoms with E-state index in [-0.39, 0.29) is 10.8 Å². The van der Waals surface area contributed by atoms with E-state index >= 15 is 0 Å². The highest BCUT2D eigenvalue weighted by atomic mass is 35.6. The molecule has 0 fully saturated rings. The van der Waals surface area contributed by atoms with Crippen molar-refractivity contribution in [1.82, 2.24) is 0 Å². The lowest BCUT2D eigenvalue weighted by atomic mass is 10.1. The van der Waals surface area contributed by atoms with Crippen molar-refractivity contribution in [3.63, 3.8) is 0 Å². The lowest BCUT2D eigenvalue weighted by Crippen LogP contribution is -2.11. The molecule has 0 rings (SSSR count). The normalized spacial score (nSPS) is 15.7. The molecule has 0 nitrogen and oxygen atoms in total. The monoisotopic (exact) mass is 374 g/mol. The molecule has 0 aromatic rings. The highest BCUT2D eigenvalue weighted by molar-refractivity contribution is 6.67. The maximum absolute atomic E-state index is 6.08. The lowest BCUT2D eigenvalue weighted by Gasteiger charge is -2.15. The van der Waals surface area contributed by atoms with Gasteiger partial charge >= 0.3 is 0 Å². The van der Waals surface area contributed by atoms with Crippen LogP contribution in [0.5, 0.6) is 0 Å². The van der Waals surface area contributed by atoms with Gasteiger partial charge in [0.25, 0.3) is 0 Å². The summed E-state index contributed by atoms with van der Waals surface area (Å²) in [6, 6.07) is 0. The third-order valence-corrected chi connectivity index (χ3v) is 4.39. The summed E-state index contributed by atoms with van der Waals surface area (Å²) in [7, 11) is 0. The van der Waals surface area contributed by atoms with Crippen molar-refractivity contribution >= 4 is 69.6 Å². The molecule has 0 saturated carbocycles.